The van der Waals surface area contributed by atoms with Crippen LogP contribution in [-0.2, 0) is 32.2 Å². The second-order valence-corrected chi connectivity index (χ2v) is 28.4. The topological polar surface area (TPSA) is 512 Å². The first-order valence-electron chi connectivity index (χ1n) is 34.3. The van der Waals surface area contributed by atoms with Gasteiger partial charge in [0.15, 0.2) is 6.10 Å². The smallest absolute Gasteiger partial charge is 0.347 e. The average molecular weight is 1670 g/mol. The number of pyridine rings is 4. The summed E-state index contributed by atoms with van der Waals surface area (Å²) in [5, 5.41) is 85.7. The second-order valence-electron chi connectivity index (χ2n) is 26.5. The maximum atomic E-state index is 13.1. The van der Waals surface area contributed by atoms with Crippen molar-refractivity contribution in [2.45, 2.75) is 183 Å². The fourth-order valence-electron chi connectivity index (χ4n) is 8.10. The van der Waals surface area contributed by atoms with E-state index in [1.165, 1.54) is 72.0 Å². The molecule has 0 fully saturated rings. The number of fused-ring (bicyclic) bond motifs is 2. The third-order valence-electron chi connectivity index (χ3n) is 12.9. The summed E-state index contributed by atoms with van der Waals surface area (Å²) in [6.45, 7) is 25.8. The standard InChI is InChI=1S/C22H30N6O5.C15H20ClN3O3.C10H13ClN2O3.C7H9ClN2O2.C7H11N3O2.C6H12O3.C4H2Cl2N2/c1-13(10-29)33-18-8-16(23-12-24-18)25-17-7-14-5-6-28(9-15(31)11-30)21(32)19(14)20(26-17)27-22(2,3)4;1-15(2,3)18-13-12-9(6-11(16)17-13)4-5-19(14(12)22)7-10(21)8-20;1-6(2)15-10(14)7(3)16-9-4-8(11)12-5-13-9;2*1-5(3-11)12-7-2-6(8)9-4-10-7;1-4(2)9-6(8)5(3)7;5-3-1-4(6)8-2-7-3/h5-8,12-13,15,29-31H,9-11H2,1-4H3,(H2,23,24,25,26,27);4-6,10,20-21H,7-8H2,1-3H3,(H,17,18);4-7H,1-3H3;2,4-5,11H,3H2,1H3;2,4-5,11H,3H2,1H3,(H2,8,9,10);4-5,7H,1-3H3;1-2H/t13-,15-;10-;7-;3*5-;/m000000./s1. The van der Waals surface area contributed by atoms with Gasteiger partial charge < -0.3 is 100 Å². The highest BCUT2D eigenvalue weighted by Crippen LogP contribution is 2.28. The van der Waals surface area contributed by atoms with Crippen LogP contribution in [0.15, 0.2) is 108 Å². The number of aliphatic hydroxyl groups is 8. The van der Waals surface area contributed by atoms with Gasteiger partial charge in [-0.05, 0) is 139 Å². The van der Waals surface area contributed by atoms with Gasteiger partial charge in [-0.3, -0.25) is 9.59 Å². The molecule has 13 N–H and O–H groups in total. The molecule has 41 heteroatoms. The zero-order chi connectivity index (χ0) is 84.2. The Morgan fingerprint density at radius 1 is 0.455 bits per heavy atom. The summed E-state index contributed by atoms with van der Waals surface area (Å²) in [4.78, 5) is 94.4. The highest BCUT2D eigenvalue weighted by molar-refractivity contribution is 6.33. The number of nitrogens with one attached hydrogen (secondary N) is 3. The molecule has 9 heterocycles. The number of nitrogens with two attached hydrogens (primary N) is 1. The molecule has 0 aliphatic heterocycles. The molecule has 0 spiro atoms. The Morgan fingerprint density at radius 3 is 1.21 bits per heavy atom. The molecule has 0 bridgehead atoms. The van der Waals surface area contributed by atoms with E-state index < -0.39 is 55.7 Å². The van der Waals surface area contributed by atoms with E-state index in [0.29, 0.717) is 88.9 Å². The lowest BCUT2D eigenvalue weighted by molar-refractivity contribution is -0.156. The fourth-order valence-corrected chi connectivity index (χ4v) is 8.93. The molecule has 0 amide bonds. The molecule has 0 aliphatic rings. The Morgan fingerprint density at radius 2 is 0.830 bits per heavy atom. The van der Waals surface area contributed by atoms with Gasteiger partial charge in [0, 0.05) is 53.8 Å². The molecule has 0 aliphatic carbocycles. The fraction of sp³-hybridized carbons (Fsp3) is 0.465. The quantitative estimate of drug-likeness (QED) is 0.0149. The second kappa shape index (κ2) is 48.5. The Kier molecular flexibility index (Phi) is 41.9. The lowest BCUT2D eigenvalue weighted by Crippen LogP contribution is -2.31. The SMILES string of the molecule is CC(C)(C)Nc1nc(Cl)cc2ccn(C[C@H](O)CO)c(=O)c12.CC(C)OC(=O)[C@H](C)O.CC(C)OC(=O)[C@H](C)Oc1cc(Cl)ncn1.C[C@@H](CO)Oc1cc(Cl)ncn1.C[C@@H](CO)Oc1cc(N)ncn1.C[C@@H](CO)Oc1cc(Nc2cc3ccn(C[C@H](O)CO)c(=O)c3c(NC(C)(C)C)n2)ncn1.Clc1cc(Cl)ncn1. The van der Waals surface area contributed by atoms with Crippen LogP contribution in [0.5, 0.6) is 23.5 Å². The highest BCUT2D eigenvalue weighted by Gasteiger charge is 2.22. The van der Waals surface area contributed by atoms with Gasteiger partial charge in [-0.25, -0.2) is 69.4 Å². The minimum atomic E-state index is -1.05. The van der Waals surface area contributed by atoms with Gasteiger partial charge in [0.05, 0.1) is 81.3 Å². The van der Waals surface area contributed by atoms with Crippen molar-refractivity contribution in [2.75, 3.05) is 54.7 Å². The van der Waals surface area contributed by atoms with Crippen LogP contribution < -0.4 is 51.8 Å². The Bertz CT molecular complexity index is 4420. The molecule has 0 radical (unpaired) electrons. The molecule has 9 aromatic rings. The van der Waals surface area contributed by atoms with Crippen molar-refractivity contribution >= 4 is 121 Å². The summed E-state index contributed by atoms with van der Waals surface area (Å²) in [5.74, 6) is 2.30. The van der Waals surface area contributed by atoms with Crippen molar-refractivity contribution in [3.05, 3.63) is 145 Å². The number of anilines is 5. The van der Waals surface area contributed by atoms with E-state index in [-0.39, 0.29) is 90.6 Å². The van der Waals surface area contributed by atoms with Crippen LogP contribution in [0.1, 0.15) is 104 Å². The van der Waals surface area contributed by atoms with Crippen molar-refractivity contribution in [2.24, 2.45) is 0 Å². The maximum absolute atomic E-state index is 13.1. The predicted octanol–water partition coefficient (Wildman–Crippen LogP) is 7.53. The van der Waals surface area contributed by atoms with Gasteiger partial charge in [-0.15, -0.1) is 0 Å². The van der Waals surface area contributed by atoms with Gasteiger partial charge in [0.1, 0.15) is 111 Å². The third kappa shape index (κ3) is 37.7. The van der Waals surface area contributed by atoms with Crippen molar-refractivity contribution in [1.29, 1.82) is 0 Å². The summed E-state index contributed by atoms with van der Waals surface area (Å²) < 4.78 is 33.4. The number of aliphatic hydroxyl groups excluding tert-OH is 8. The van der Waals surface area contributed by atoms with Crippen molar-refractivity contribution in [3.8, 4) is 23.5 Å². The van der Waals surface area contributed by atoms with Crippen LogP contribution in [0.2, 0.25) is 25.8 Å². The number of nitrogen functional groups attached to an aromatic ring is 1. The minimum Gasteiger partial charge on any atom is -0.472 e. The zero-order valence-corrected chi connectivity index (χ0v) is 68.1. The minimum absolute atomic E-state index is 0.0167. The molecule has 112 heavy (non-hydrogen) atoms. The molecule has 0 aromatic carbocycles. The summed E-state index contributed by atoms with van der Waals surface area (Å²) in [7, 11) is 0. The monoisotopic (exact) mass is 1660 g/mol. The first-order valence-corrected chi connectivity index (χ1v) is 36.2. The number of hydrogen-bond donors (Lipinski definition) is 12. The summed E-state index contributed by atoms with van der Waals surface area (Å²) in [6.07, 6.45) is 4.60. The lowest BCUT2D eigenvalue weighted by Gasteiger charge is -2.23. The van der Waals surface area contributed by atoms with Crippen molar-refractivity contribution in [1.82, 2.24) is 68.9 Å². The summed E-state index contributed by atoms with van der Waals surface area (Å²) in [6, 6.07) is 14.3. The molecular formula is C71H97Cl5N18O18. The predicted molar refractivity (Wildman–Crippen MR) is 424 cm³/mol. The van der Waals surface area contributed by atoms with Gasteiger partial charge in [0.25, 0.3) is 11.1 Å². The van der Waals surface area contributed by atoms with E-state index in [9.17, 15) is 34.5 Å². The number of aromatic nitrogens is 14. The molecule has 0 saturated heterocycles. The normalized spacial score (nSPS) is 12.8. The molecule has 9 rings (SSSR count). The molecule has 36 nitrogen and oxygen atoms in total. The van der Waals surface area contributed by atoms with Crippen LogP contribution in [0.25, 0.3) is 21.5 Å². The van der Waals surface area contributed by atoms with Crippen molar-refractivity contribution < 1.29 is 78.9 Å². The van der Waals surface area contributed by atoms with Gasteiger partial charge >= 0.3 is 11.9 Å². The highest BCUT2D eigenvalue weighted by atomic mass is 35.5. The number of nitrogens with zero attached hydrogens (tertiary/aromatic N) is 14. The number of halogens is 5. The average Bonchev–Trinajstić information content (AvgIpc) is 0.778. The Hall–Kier alpha value is -9.41. The van der Waals surface area contributed by atoms with E-state index in [2.05, 4.69) is 80.5 Å². The molecule has 9 aromatic heterocycles. The number of esters is 2. The van der Waals surface area contributed by atoms with E-state index in [0.717, 1.165) is 0 Å². The maximum Gasteiger partial charge on any atom is 0.347 e. The van der Waals surface area contributed by atoms with Crippen LogP contribution in [0, 0.1) is 0 Å². The third-order valence-corrected chi connectivity index (χ3v) is 13.9. The first-order chi connectivity index (χ1) is 52.5. The van der Waals surface area contributed by atoms with Gasteiger partial charge in [0.2, 0.25) is 23.5 Å². The number of carbonyl (C=O) groups excluding carboxylic acids is 2. The van der Waals surface area contributed by atoms with Crippen LogP contribution >= 0.6 is 58.0 Å². The molecule has 7 atom stereocenters. The molecular weight excluding hydrogens is 1570 g/mol. The van der Waals surface area contributed by atoms with E-state index in [1.54, 1.807) is 98.1 Å². The zero-order valence-electron chi connectivity index (χ0n) is 64.3. The molecule has 0 unspecified atom stereocenters. The number of carbonyl (C=O) groups is 2. The summed E-state index contributed by atoms with van der Waals surface area (Å²) in [5.41, 5.74) is 4.09. The lowest BCUT2D eigenvalue weighted by atomic mass is 10.1. The Balaban J connectivity index is 0.000000359. The number of ether oxygens (including phenoxy) is 6. The van der Waals surface area contributed by atoms with Crippen LogP contribution in [0.4, 0.5) is 29.1 Å². The van der Waals surface area contributed by atoms with Gasteiger partial charge in [-0.1, -0.05) is 58.0 Å². The van der Waals surface area contributed by atoms with Crippen LogP contribution in [0.3, 0.4) is 0 Å². The van der Waals surface area contributed by atoms with Crippen molar-refractivity contribution in [3.63, 3.8) is 0 Å². The largest absolute Gasteiger partial charge is 0.472 e. The number of rotatable bonds is 25. The van der Waals surface area contributed by atoms with E-state index in [1.807, 2.05) is 41.5 Å². The van der Waals surface area contributed by atoms with E-state index in [4.69, 9.17) is 113 Å². The number of hydrogen-bond acceptors (Lipinski definition) is 34. The molecule has 0 saturated carbocycles. The van der Waals surface area contributed by atoms with Gasteiger partial charge in [-0.2, -0.15) is 0 Å². The van der Waals surface area contributed by atoms with E-state index >= 15 is 0 Å². The first kappa shape index (κ1) is 96.8. The molecule has 614 valence electrons. The Labute approximate surface area is 671 Å². The summed E-state index contributed by atoms with van der Waals surface area (Å²) >= 11 is 28.1. The van der Waals surface area contributed by atoms with Crippen LogP contribution in [-0.4, -0.2) is 221 Å².